The Labute approximate surface area is 147 Å². The molecule has 0 saturated carbocycles. The molecule has 0 spiro atoms. The van der Waals surface area contributed by atoms with Gasteiger partial charge >= 0.3 is 0 Å². The standard InChI is InChI=1S/C17H26N8/c1-11-4-5-14(17(18)22-23-19)10-15(11)24-6-8-25(9-7-24)16-12(2)20-21-13(16)3/h4-5,10,23H,6-9,19H2,1-3H3,(H2,18,22)(H,20,21). The Kier molecular flexibility index (Phi) is 4.80. The predicted molar refractivity (Wildman–Crippen MR) is 102 cm³/mol. The normalized spacial score (nSPS) is 15.6. The van der Waals surface area contributed by atoms with Gasteiger partial charge in [-0.15, -0.1) is 5.10 Å². The maximum absolute atomic E-state index is 5.94. The Morgan fingerprint density at radius 1 is 1.16 bits per heavy atom. The summed E-state index contributed by atoms with van der Waals surface area (Å²) in [5, 5.41) is 11.2. The monoisotopic (exact) mass is 342 g/mol. The van der Waals surface area contributed by atoms with Crippen molar-refractivity contribution in [3.63, 3.8) is 0 Å². The molecular formula is C17H26N8. The predicted octanol–water partition coefficient (Wildman–Crippen LogP) is 0.745. The van der Waals surface area contributed by atoms with Crippen molar-refractivity contribution < 1.29 is 0 Å². The summed E-state index contributed by atoms with van der Waals surface area (Å²) >= 11 is 0. The molecule has 1 aromatic heterocycles. The lowest BCUT2D eigenvalue weighted by molar-refractivity contribution is 0.650. The van der Waals surface area contributed by atoms with Crippen LogP contribution in [0.5, 0.6) is 0 Å². The van der Waals surface area contributed by atoms with Crippen molar-refractivity contribution in [2.45, 2.75) is 20.8 Å². The first-order valence-electron chi connectivity index (χ1n) is 8.42. The molecule has 0 bridgehead atoms. The van der Waals surface area contributed by atoms with Gasteiger partial charge in [0.1, 0.15) is 0 Å². The Hall–Kier alpha value is -2.74. The number of nitrogens with zero attached hydrogens (tertiary/aromatic N) is 4. The van der Waals surface area contributed by atoms with Gasteiger partial charge in [-0.3, -0.25) is 5.10 Å². The van der Waals surface area contributed by atoms with E-state index in [1.807, 2.05) is 13.0 Å². The second-order valence-corrected chi connectivity index (χ2v) is 6.38. The summed E-state index contributed by atoms with van der Waals surface area (Å²) in [6, 6.07) is 6.11. The highest BCUT2D eigenvalue weighted by Gasteiger charge is 2.22. The van der Waals surface area contributed by atoms with Gasteiger partial charge in [0.25, 0.3) is 0 Å². The van der Waals surface area contributed by atoms with Crippen molar-refractivity contribution >= 4 is 17.2 Å². The molecule has 8 nitrogen and oxygen atoms in total. The summed E-state index contributed by atoms with van der Waals surface area (Å²) in [6.45, 7) is 10.0. The molecule has 3 rings (SSSR count). The fraction of sp³-hybridized carbons (Fsp3) is 0.412. The summed E-state index contributed by atoms with van der Waals surface area (Å²) in [5.41, 5.74) is 14.9. The fourth-order valence-electron chi connectivity index (χ4n) is 3.43. The number of benzene rings is 1. The number of hydrazone groups is 1. The first kappa shape index (κ1) is 17.1. The lowest BCUT2D eigenvalue weighted by Crippen LogP contribution is -2.47. The largest absolute Gasteiger partial charge is 0.382 e. The number of nitrogens with one attached hydrogen (secondary N) is 2. The molecule has 25 heavy (non-hydrogen) atoms. The van der Waals surface area contributed by atoms with Crippen molar-refractivity contribution in [1.82, 2.24) is 15.7 Å². The van der Waals surface area contributed by atoms with E-state index >= 15 is 0 Å². The molecule has 0 amide bonds. The third-order valence-electron chi connectivity index (χ3n) is 4.72. The molecule has 134 valence electrons. The van der Waals surface area contributed by atoms with Gasteiger partial charge in [-0.1, -0.05) is 12.1 Å². The molecule has 1 aliphatic heterocycles. The highest BCUT2D eigenvalue weighted by Crippen LogP contribution is 2.27. The second-order valence-electron chi connectivity index (χ2n) is 6.38. The number of aryl methyl sites for hydroxylation is 3. The number of aromatic nitrogens is 2. The minimum Gasteiger partial charge on any atom is -0.382 e. The fourth-order valence-corrected chi connectivity index (χ4v) is 3.43. The number of piperazine rings is 1. The van der Waals surface area contributed by atoms with Gasteiger partial charge in [0.15, 0.2) is 5.84 Å². The number of H-pyrrole nitrogens is 1. The molecule has 0 atom stereocenters. The molecule has 1 fully saturated rings. The van der Waals surface area contributed by atoms with E-state index in [0.29, 0.717) is 5.84 Å². The highest BCUT2D eigenvalue weighted by molar-refractivity contribution is 5.98. The third kappa shape index (κ3) is 3.39. The lowest BCUT2D eigenvalue weighted by atomic mass is 10.1. The van der Waals surface area contributed by atoms with Crippen molar-refractivity contribution in [3.05, 3.63) is 40.7 Å². The van der Waals surface area contributed by atoms with Gasteiger partial charge in [-0.05, 0) is 32.4 Å². The smallest absolute Gasteiger partial charge is 0.152 e. The van der Waals surface area contributed by atoms with E-state index in [9.17, 15) is 0 Å². The van der Waals surface area contributed by atoms with Crippen LogP contribution in [0.25, 0.3) is 0 Å². The van der Waals surface area contributed by atoms with Crippen LogP contribution in [0.15, 0.2) is 23.3 Å². The minimum absolute atomic E-state index is 0.382. The van der Waals surface area contributed by atoms with Gasteiger partial charge in [-0.25, -0.2) is 11.4 Å². The van der Waals surface area contributed by atoms with E-state index in [2.05, 4.69) is 56.6 Å². The molecular weight excluding hydrogens is 316 g/mol. The van der Waals surface area contributed by atoms with Crippen LogP contribution in [0.3, 0.4) is 0 Å². The van der Waals surface area contributed by atoms with Gasteiger partial charge in [-0.2, -0.15) is 5.10 Å². The SMILES string of the molecule is Cc1ccc(/C(N)=N/NN)cc1N1CCN(c2c(C)n[nH]c2C)CC1. The number of rotatable bonds is 4. The molecule has 1 aliphatic rings. The molecule has 2 aromatic rings. The van der Waals surface area contributed by atoms with E-state index in [-0.39, 0.29) is 0 Å². The van der Waals surface area contributed by atoms with E-state index in [0.717, 1.165) is 43.1 Å². The number of nitrogens with two attached hydrogens (primary N) is 2. The summed E-state index contributed by atoms with van der Waals surface area (Å²) in [4.78, 5) is 4.79. The molecule has 8 heteroatoms. The second kappa shape index (κ2) is 7.02. The highest BCUT2D eigenvalue weighted by atomic mass is 15.5. The maximum atomic E-state index is 5.94. The Bertz CT molecular complexity index is 751. The number of anilines is 2. The third-order valence-corrected chi connectivity index (χ3v) is 4.72. The average molecular weight is 342 g/mol. The summed E-state index contributed by atoms with van der Waals surface area (Å²) in [6.07, 6.45) is 0. The summed E-state index contributed by atoms with van der Waals surface area (Å²) < 4.78 is 0. The van der Waals surface area contributed by atoms with Crippen LogP contribution in [0.4, 0.5) is 11.4 Å². The van der Waals surface area contributed by atoms with Crippen LogP contribution < -0.4 is 26.9 Å². The van der Waals surface area contributed by atoms with E-state index in [4.69, 9.17) is 11.6 Å². The van der Waals surface area contributed by atoms with Crippen LogP contribution in [-0.2, 0) is 0 Å². The van der Waals surface area contributed by atoms with Crippen LogP contribution in [0, 0.1) is 20.8 Å². The van der Waals surface area contributed by atoms with E-state index < -0.39 is 0 Å². The molecule has 1 saturated heterocycles. The van der Waals surface area contributed by atoms with Crippen LogP contribution in [0.1, 0.15) is 22.5 Å². The quantitative estimate of drug-likeness (QED) is 0.282. The Morgan fingerprint density at radius 2 is 1.84 bits per heavy atom. The van der Waals surface area contributed by atoms with Crippen LogP contribution in [0.2, 0.25) is 0 Å². The maximum Gasteiger partial charge on any atom is 0.152 e. The first-order valence-corrected chi connectivity index (χ1v) is 8.42. The minimum atomic E-state index is 0.382. The molecule has 0 radical (unpaired) electrons. The zero-order valence-electron chi connectivity index (χ0n) is 15.0. The number of aromatic amines is 1. The van der Waals surface area contributed by atoms with Crippen molar-refractivity contribution in [3.8, 4) is 0 Å². The zero-order valence-corrected chi connectivity index (χ0v) is 15.0. The van der Waals surface area contributed by atoms with Crippen LogP contribution in [-0.4, -0.2) is 42.2 Å². The Morgan fingerprint density at radius 3 is 2.44 bits per heavy atom. The zero-order chi connectivity index (χ0) is 18.0. The van der Waals surface area contributed by atoms with Crippen molar-refractivity contribution in [2.24, 2.45) is 16.7 Å². The first-order chi connectivity index (χ1) is 12.0. The molecule has 0 aliphatic carbocycles. The molecule has 2 heterocycles. The van der Waals surface area contributed by atoms with Crippen molar-refractivity contribution in [2.75, 3.05) is 36.0 Å². The van der Waals surface area contributed by atoms with Gasteiger partial charge in [0.2, 0.25) is 0 Å². The van der Waals surface area contributed by atoms with Gasteiger partial charge < -0.3 is 15.5 Å². The van der Waals surface area contributed by atoms with Gasteiger partial charge in [0.05, 0.1) is 17.1 Å². The number of amidine groups is 1. The average Bonchev–Trinajstić information content (AvgIpc) is 2.94. The summed E-state index contributed by atoms with van der Waals surface area (Å²) in [5.74, 6) is 5.60. The van der Waals surface area contributed by atoms with E-state index in [1.54, 1.807) is 0 Å². The Balaban J connectivity index is 1.77. The molecule has 6 N–H and O–H groups in total. The van der Waals surface area contributed by atoms with Crippen molar-refractivity contribution in [1.29, 1.82) is 0 Å². The number of hydrogen-bond donors (Lipinski definition) is 4. The lowest BCUT2D eigenvalue weighted by Gasteiger charge is -2.38. The van der Waals surface area contributed by atoms with E-state index in [1.165, 1.54) is 16.9 Å². The number of hydrazine groups is 1. The molecule has 0 unspecified atom stereocenters. The summed E-state index contributed by atoms with van der Waals surface area (Å²) in [7, 11) is 0. The topological polar surface area (TPSA) is 112 Å². The number of hydrogen-bond acceptors (Lipinski definition) is 6. The molecule has 1 aromatic carbocycles. The van der Waals surface area contributed by atoms with Gasteiger partial charge in [0, 0.05) is 37.4 Å². The van der Waals surface area contributed by atoms with Crippen LogP contribution >= 0.6 is 0 Å².